The van der Waals surface area contributed by atoms with Gasteiger partial charge < -0.3 is 15.6 Å². The molecule has 0 amide bonds. The number of rotatable bonds is 2. The van der Waals surface area contributed by atoms with Gasteiger partial charge in [-0.1, -0.05) is 0 Å². The van der Waals surface area contributed by atoms with E-state index in [4.69, 9.17) is 10.5 Å². The highest BCUT2D eigenvalue weighted by molar-refractivity contribution is 5.65. The van der Waals surface area contributed by atoms with Gasteiger partial charge in [0.05, 0.1) is 24.5 Å². The molecule has 0 aliphatic heterocycles. The number of aliphatic hydroxyl groups is 1. The number of hydrogen-bond acceptors (Lipinski definition) is 5. The summed E-state index contributed by atoms with van der Waals surface area (Å²) in [5.74, 6) is 0.453. The SMILES string of the molecule is COc1cc(/C(O)=c2\ncc3cc(=O)ccn23)ccc1N. The van der Waals surface area contributed by atoms with Gasteiger partial charge in [-0.3, -0.25) is 9.20 Å². The van der Waals surface area contributed by atoms with E-state index in [1.165, 1.54) is 25.4 Å². The van der Waals surface area contributed by atoms with Crippen LogP contribution >= 0.6 is 0 Å². The minimum atomic E-state index is -0.109. The van der Waals surface area contributed by atoms with Gasteiger partial charge in [0.2, 0.25) is 0 Å². The molecule has 0 radical (unpaired) electrons. The number of fused-ring (bicyclic) bond motifs is 1. The minimum Gasteiger partial charge on any atom is -0.504 e. The highest BCUT2D eigenvalue weighted by Gasteiger charge is 2.08. The number of aliphatic hydroxyl groups excluding tert-OH is 1. The molecule has 2 aromatic heterocycles. The molecule has 6 nitrogen and oxygen atoms in total. The van der Waals surface area contributed by atoms with Crippen molar-refractivity contribution in [2.24, 2.45) is 0 Å². The van der Waals surface area contributed by atoms with Gasteiger partial charge in [0.15, 0.2) is 16.7 Å². The van der Waals surface area contributed by atoms with Crippen LogP contribution in [-0.2, 0) is 0 Å². The second kappa shape index (κ2) is 4.82. The summed E-state index contributed by atoms with van der Waals surface area (Å²) < 4.78 is 6.78. The normalized spacial score (nSPS) is 12.4. The zero-order valence-electron chi connectivity index (χ0n) is 11.3. The molecule has 0 bridgehead atoms. The molecule has 0 aliphatic rings. The number of nitrogen functional groups attached to an aromatic ring is 1. The molecule has 21 heavy (non-hydrogen) atoms. The zero-order chi connectivity index (χ0) is 15.0. The van der Waals surface area contributed by atoms with E-state index in [1.807, 2.05) is 0 Å². The van der Waals surface area contributed by atoms with E-state index in [2.05, 4.69) is 4.98 Å². The van der Waals surface area contributed by atoms with Gasteiger partial charge in [-0.15, -0.1) is 0 Å². The van der Waals surface area contributed by atoms with Crippen molar-refractivity contribution in [3.05, 3.63) is 64.0 Å². The van der Waals surface area contributed by atoms with E-state index in [0.717, 1.165) is 0 Å². The summed E-state index contributed by atoms with van der Waals surface area (Å²) in [6.07, 6.45) is 3.10. The number of aromatic nitrogens is 2. The third-order valence-corrected chi connectivity index (χ3v) is 3.22. The van der Waals surface area contributed by atoms with Crippen LogP contribution in [0, 0.1) is 0 Å². The van der Waals surface area contributed by atoms with Gasteiger partial charge in [0.25, 0.3) is 0 Å². The molecule has 1 aromatic carbocycles. The first-order valence-corrected chi connectivity index (χ1v) is 6.24. The molecule has 3 rings (SSSR count). The standard InChI is InChI=1S/C15H13N3O3/c1-21-13-6-9(2-3-12(13)16)14(20)15-17-8-10-7-11(19)4-5-18(10)15/h2-8,20H,16H2,1H3/b15-14-. The van der Waals surface area contributed by atoms with E-state index in [1.54, 1.807) is 28.8 Å². The molecule has 3 aromatic rings. The Morgan fingerprint density at radius 3 is 2.90 bits per heavy atom. The Bertz CT molecular complexity index is 931. The Morgan fingerprint density at radius 2 is 2.14 bits per heavy atom. The Hall–Kier alpha value is -3.02. The second-order valence-electron chi connectivity index (χ2n) is 4.54. The number of imidazole rings is 1. The first-order valence-electron chi connectivity index (χ1n) is 6.24. The van der Waals surface area contributed by atoms with Crippen molar-refractivity contribution in [3.63, 3.8) is 0 Å². The predicted molar refractivity (Wildman–Crippen MR) is 79.2 cm³/mol. The third-order valence-electron chi connectivity index (χ3n) is 3.22. The first kappa shape index (κ1) is 13.0. The van der Waals surface area contributed by atoms with E-state index in [-0.39, 0.29) is 11.2 Å². The van der Waals surface area contributed by atoms with Crippen molar-refractivity contribution in [2.45, 2.75) is 0 Å². The van der Waals surface area contributed by atoms with Crippen LogP contribution in [0.1, 0.15) is 5.56 Å². The Balaban J connectivity index is 2.27. The monoisotopic (exact) mass is 283 g/mol. The third kappa shape index (κ3) is 2.16. The van der Waals surface area contributed by atoms with Gasteiger partial charge in [0.1, 0.15) is 5.75 Å². The predicted octanol–water partition coefficient (Wildman–Crippen LogP) is 0.719. The van der Waals surface area contributed by atoms with E-state index >= 15 is 0 Å². The lowest BCUT2D eigenvalue weighted by Gasteiger charge is -2.06. The van der Waals surface area contributed by atoms with Crippen LogP contribution in [-0.4, -0.2) is 21.6 Å². The largest absolute Gasteiger partial charge is 0.504 e. The Morgan fingerprint density at radius 1 is 1.33 bits per heavy atom. The maximum atomic E-state index is 11.3. The fourth-order valence-corrected chi connectivity index (χ4v) is 2.14. The van der Waals surface area contributed by atoms with Crippen LogP contribution in [0.25, 0.3) is 11.3 Å². The van der Waals surface area contributed by atoms with E-state index < -0.39 is 0 Å². The molecule has 0 saturated heterocycles. The van der Waals surface area contributed by atoms with E-state index in [9.17, 15) is 9.90 Å². The van der Waals surface area contributed by atoms with Gasteiger partial charge in [-0.25, -0.2) is 4.98 Å². The van der Waals surface area contributed by atoms with Crippen LogP contribution < -0.4 is 21.4 Å². The Kier molecular flexibility index (Phi) is 2.98. The number of nitrogens with zero attached hydrogens (tertiary/aromatic N) is 2. The summed E-state index contributed by atoms with van der Waals surface area (Å²) in [5, 5.41) is 10.4. The van der Waals surface area contributed by atoms with Crippen LogP contribution in [0.15, 0.2) is 47.5 Å². The topological polar surface area (TPSA) is 89.8 Å². The lowest BCUT2D eigenvalue weighted by molar-refractivity contribution is 0.416. The molecule has 3 N–H and O–H groups in total. The molecule has 0 spiro atoms. The summed E-state index contributed by atoms with van der Waals surface area (Å²) in [7, 11) is 1.51. The van der Waals surface area contributed by atoms with Crippen molar-refractivity contribution < 1.29 is 9.84 Å². The van der Waals surface area contributed by atoms with Crippen molar-refractivity contribution in [1.29, 1.82) is 0 Å². The molecule has 106 valence electrons. The first-order chi connectivity index (χ1) is 10.1. The van der Waals surface area contributed by atoms with Crippen molar-refractivity contribution in [3.8, 4) is 5.75 Å². The molecule has 0 atom stereocenters. The molecular weight excluding hydrogens is 270 g/mol. The molecule has 0 fully saturated rings. The summed E-state index contributed by atoms with van der Waals surface area (Å²) in [6, 6.07) is 7.82. The fourth-order valence-electron chi connectivity index (χ4n) is 2.14. The number of nitrogens with two attached hydrogens (primary N) is 1. The van der Waals surface area contributed by atoms with Crippen molar-refractivity contribution in [2.75, 3.05) is 12.8 Å². The molecule has 0 unspecified atom stereocenters. The summed E-state index contributed by atoms with van der Waals surface area (Å²) in [5.41, 5.74) is 7.62. The lowest BCUT2D eigenvalue weighted by Crippen LogP contribution is -2.17. The van der Waals surface area contributed by atoms with Crippen LogP contribution in [0.3, 0.4) is 0 Å². The quantitative estimate of drug-likeness (QED) is 0.676. The zero-order valence-corrected chi connectivity index (χ0v) is 11.3. The molecule has 2 heterocycles. The van der Waals surface area contributed by atoms with Crippen molar-refractivity contribution >= 4 is 17.0 Å². The summed E-state index contributed by atoms with van der Waals surface area (Å²) in [6.45, 7) is 0. The number of benzene rings is 1. The summed E-state index contributed by atoms with van der Waals surface area (Å²) >= 11 is 0. The number of anilines is 1. The van der Waals surface area contributed by atoms with E-state index in [0.29, 0.717) is 28.0 Å². The number of methoxy groups -OCH3 is 1. The average molecular weight is 283 g/mol. The number of ether oxygens (including phenoxy) is 1. The van der Waals surface area contributed by atoms with Gasteiger partial charge in [-0.2, -0.15) is 0 Å². The second-order valence-corrected chi connectivity index (χ2v) is 4.54. The number of pyridine rings is 1. The highest BCUT2D eigenvalue weighted by Crippen LogP contribution is 2.24. The molecule has 0 saturated carbocycles. The van der Waals surface area contributed by atoms with Gasteiger partial charge in [-0.05, 0) is 18.2 Å². The molecular formula is C15H13N3O3. The maximum absolute atomic E-state index is 11.3. The lowest BCUT2D eigenvalue weighted by atomic mass is 10.1. The van der Waals surface area contributed by atoms with Gasteiger partial charge in [0, 0.05) is 23.9 Å². The number of hydrogen-bond donors (Lipinski definition) is 2. The van der Waals surface area contributed by atoms with Crippen LogP contribution in [0.5, 0.6) is 5.75 Å². The van der Waals surface area contributed by atoms with Crippen molar-refractivity contribution in [1.82, 2.24) is 9.38 Å². The van der Waals surface area contributed by atoms with Crippen LogP contribution in [0.2, 0.25) is 0 Å². The fraction of sp³-hybridized carbons (Fsp3) is 0.0667. The minimum absolute atomic E-state index is 0.0213. The molecule has 0 aliphatic carbocycles. The maximum Gasteiger partial charge on any atom is 0.182 e. The highest BCUT2D eigenvalue weighted by atomic mass is 16.5. The molecule has 6 heteroatoms. The van der Waals surface area contributed by atoms with Gasteiger partial charge >= 0.3 is 0 Å². The summed E-state index contributed by atoms with van der Waals surface area (Å²) in [4.78, 5) is 15.5. The Labute approximate surface area is 119 Å². The smallest absolute Gasteiger partial charge is 0.182 e. The average Bonchev–Trinajstić information content (AvgIpc) is 2.89. The van der Waals surface area contributed by atoms with Crippen LogP contribution in [0.4, 0.5) is 5.69 Å².